The fraction of sp³-hybridized carbons (Fsp3) is 0.333. The number of hydrogen-bond acceptors (Lipinski definition) is 3. The van der Waals surface area contributed by atoms with E-state index in [1.54, 1.807) is 0 Å². The van der Waals surface area contributed by atoms with Crippen molar-refractivity contribution in [3.05, 3.63) is 64.7 Å². The molecule has 1 fully saturated rings. The molecule has 0 radical (unpaired) electrons. The van der Waals surface area contributed by atoms with Gasteiger partial charge in [-0.1, -0.05) is 41.9 Å². The molecule has 2 N–H and O–H groups in total. The Labute approximate surface area is 177 Å². The average Bonchev–Trinajstić information content (AvgIpc) is 2.70. The molecule has 30 heavy (non-hydrogen) atoms. The van der Waals surface area contributed by atoms with E-state index in [0.717, 1.165) is 25.7 Å². The summed E-state index contributed by atoms with van der Waals surface area (Å²) in [5.74, 6) is -2.10. The van der Waals surface area contributed by atoms with Gasteiger partial charge in [-0.2, -0.15) is 13.2 Å². The van der Waals surface area contributed by atoms with Crippen LogP contribution in [0.15, 0.2) is 48.5 Å². The lowest BCUT2D eigenvalue weighted by atomic mass is 10.0. The van der Waals surface area contributed by atoms with Crippen molar-refractivity contribution in [3.63, 3.8) is 0 Å². The monoisotopic (exact) mass is 439 g/mol. The Morgan fingerprint density at radius 3 is 2.33 bits per heavy atom. The first-order valence-corrected chi connectivity index (χ1v) is 9.85. The van der Waals surface area contributed by atoms with Crippen LogP contribution in [-0.4, -0.2) is 35.8 Å². The number of nitrogens with one attached hydrogen (secondary N) is 2. The smallest absolute Gasteiger partial charge is 0.345 e. The van der Waals surface area contributed by atoms with Crippen molar-refractivity contribution in [3.8, 4) is 0 Å². The quantitative estimate of drug-likeness (QED) is 0.706. The minimum Gasteiger partial charge on any atom is -0.345 e. The van der Waals surface area contributed by atoms with E-state index in [1.165, 1.54) is 11.6 Å². The van der Waals surface area contributed by atoms with E-state index in [1.807, 2.05) is 35.6 Å². The number of halogens is 4. The Bertz CT molecular complexity index is 898. The van der Waals surface area contributed by atoms with Gasteiger partial charge in [-0.3, -0.25) is 14.5 Å². The van der Waals surface area contributed by atoms with Crippen LogP contribution >= 0.6 is 11.6 Å². The summed E-state index contributed by atoms with van der Waals surface area (Å²) in [4.78, 5) is 26.5. The first-order chi connectivity index (χ1) is 14.2. The largest absolute Gasteiger partial charge is 0.418 e. The maximum atomic E-state index is 13.1. The van der Waals surface area contributed by atoms with E-state index < -0.39 is 29.2 Å². The fourth-order valence-corrected chi connectivity index (χ4v) is 3.54. The molecule has 0 bridgehead atoms. The van der Waals surface area contributed by atoms with Gasteiger partial charge in [0.1, 0.15) is 0 Å². The van der Waals surface area contributed by atoms with Crippen LogP contribution in [0.25, 0.3) is 0 Å². The Balaban J connectivity index is 1.52. The maximum Gasteiger partial charge on any atom is 0.418 e. The molecular weight excluding hydrogens is 419 g/mol. The number of anilines is 1. The Hall–Kier alpha value is -2.58. The zero-order valence-electron chi connectivity index (χ0n) is 16.0. The first-order valence-electron chi connectivity index (χ1n) is 9.47. The van der Waals surface area contributed by atoms with Gasteiger partial charge in [0.25, 0.3) is 0 Å². The second-order valence-electron chi connectivity index (χ2n) is 7.15. The number of benzene rings is 2. The van der Waals surface area contributed by atoms with Gasteiger partial charge in [-0.25, -0.2) is 0 Å². The highest BCUT2D eigenvalue weighted by Gasteiger charge is 2.35. The number of amides is 2. The number of piperidine rings is 1. The van der Waals surface area contributed by atoms with E-state index >= 15 is 0 Å². The summed E-state index contributed by atoms with van der Waals surface area (Å²) < 4.78 is 39.4. The first kappa shape index (κ1) is 22.1. The van der Waals surface area contributed by atoms with Gasteiger partial charge in [0.2, 0.25) is 0 Å². The lowest BCUT2D eigenvalue weighted by Gasteiger charge is -2.32. The Kier molecular flexibility index (Phi) is 6.99. The number of nitrogens with zero attached hydrogens (tertiary/aromatic N) is 1. The van der Waals surface area contributed by atoms with Gasteiger partial charge in [-0.05, 0) is 36.6 Å². The van der Waals surface area contributed by atoms with Gasteiger partial charge in [0.05, 0.1) is 11.3 Å². The molecule has 0 aliphatic carbocycles. The van der Waals surface area contributed by atoms with Crippen molar-refractivity contribution >= 4 is 29.1 Å². The van der Waals surface area contributed by atoms with E-state index in [-0.39, 0.29) is 11.1 Å². The van der Waals surface area contributed by atoms with Gasteiger partial charge in [-0.15, -0.1) is 0 Å². The van der Waals surface area contributed by atoms with E-state index in [9.17, 15) is 22.8 Å². The molecule has 0 spiro atoms. The van der Waals surface area contributed by atoms with Gasteiger partial charge in [0.15, 0.2) is 0 Å². The number of carbonyl (C=O) groups is 2. The number of hydrogen-bond donors (Lipinski definition) is 2. The molecule has 160 valence electrons. The van der Waals surface area contributed by atoms with Crippen molar-refractivity contribution in [1.29, 1.82) is 0 Å². The fourth-order valence-electron chi connectivity index (χ4n) is 3.37. The van der Waals surface area contributed by atoms with Crippen molar-refractivity contribution in [2.75, 3.05) is 18.4 Å². The SMILES string of the molecule is O=C(Nc1ccc(Cl)cc1C(F)(F)F)C(=O)NC1CCN(Cc2ccccc2)CC1. The van der Waals surface area contributed by atoms with Crippen LogP contribution < -0.4 is 10.6 Å². The molecule has 1 saturated heterocycles. The van der Waals surface area contributed by atoms with E-state index in [2.05, 4.69) is 10.2 Å². The molecule has 2 amide bonds. The molecule has 0 atom stereocenters. The van der Waals surface area contributed by atoms with E-state index in [0.29, 0.717) is 18.9 Å². The van der Waals surface area contributed by atoms with Gasteiger partial charge >= 0.3 is 18.0 Å². The molecule has 2 aromatic carbocycles. The van der Waals surface area contributed by atoms with Gasteiger partial charge < -0.3 is 10.6 Å². The van der Waals surface area contributed by atoms with Crippen molar-refractivity contribution < 1.29 is 22.8 Å². The third kappa shape index (κ3) is 5.96. The minimum absolute atomic E-state index is 0.118. The lowest BCUT2D eigenvalue weighted by molar-refractivity contribution is -0.138. The maximum absolute atomic E-state index is 13.1. The summed E-state index contributed by atoms with van der Waals surface area (Å²) in [7, 11) is 0. The van der Waals surface area contributed by atoms with Crippen LogP contribution in [0.4, 0.5) is 18.9 Å². The predicted octanol–water partition coefficient (Wildman–Crippen LogP) is 4.08. The number of alkyl halides is 3. The second kappa shape index (κ2) is 9.49. The summed E-state index contributed by atoms with van der Waals surface area (Å²) in [5, 5.41) is 4.52. The van der Waals surface area contributed by atoms with Crippen LogP contribution in [-0.2, 0) is 22.3 Å². The molecule has 2 aromatic rings. The zero-order valence-corrected chi connectivity index (χ0v) is 16.8. The molecule has 1 aliphatic rings. The number of carbonyl (C=O) groups excluding carboxylic acids is 2. The van der Waals surface area contributed by atoms with Crippen LogP contribution in [0.5, 0.6) is 0 Å². The summed E-state index contributed by atoms with van der Waals surface area (Å²) in [6, 6.07) is 12.7. The summed E-state index contributed by atoms with van der Waals surface area (Å²) in [5.41, 5.74) is -0.419. The summed E-state index contributed by atoms with van der Waals surface area (Å²) in [6.45, 7) is 2.30. The molecule has 5 nitrogen and oxygen atoms in total. The normalized spacial score (nSPS) is 15.6. The molecule has 0 unspecified atom stereocenters. The van der Waals surface area contributed by atoms with Gasteiger partial charge in [0, 0.05) is 30.7 Å². The minimum atomic E-state index is -4.71. The topological polar surface area (TPSA) is 61.4 Å². The van der Waals surface area contributed by atoms with E-state index in [4.69, 9.17) is 11.6 Å². The van der Waals surface area contributed by atoms with Crippen LogP contribution in [0.2, 0.25) is 5.02 Å². The van der Waals surface area contributed by atoms with Crippen LogP contribution in [0.3, 0.4) is 0 Å². The van der Waals surface area contributed by atoms with Crippen molar-refractivity contribution in [1.82, 2.24) is 10.2 Å². The predicted molar refractivity (Wildman–Crippen MR) is 108 cm³/mol. The molecule has 0 saturated carbocycles. The molecule has 1 heterocycles. The van der Waals surface area contributed by atoms with Crippen LogP contribution in [0.1, 0.15) is 24.0 Å². The molecule has 3 rings (SSSR count). The molecular formula is C21H21ClF3N3O2. The third-order valence-corrected chi connectivity index (χ3v) is 5.15. The molecule has 1 aliphatic heterocycles. The zero-order chi connectivity index (χ0) is 21.7. The third-order valence-electron chi connectivity index (χ3n) is 4.91. The standard InChI is InChI=1S/C21H21ClF3N3O2/c22-15-6-7-18(17(12-15)21(23,24)25)27-20(30)19(29)26-16-8-10-28(11-9-16)13-14-4-2-1-3-5-14/h1-7,12,16H,8-11,13H2,(H,26,29)(H,27,30). The van der Waals surface area contributed by atoms with Crippen molar-refractivity contribution in [2.24, 2.45) is 0 Å². The molecule has 9 heteroatoms. The highest BCUT2D eigenvalue weighted by atomic mass is 35.5. The highest BCUT2D eigenvalue weighted by molar-refractivity contribution is 6.39. The average molecular weight is 440 g/mol. The Morgan fingerprint density at radius 1 is 1.03 bits per heavy atom. The second-order valence-corrected chi connectivity index (χ2v) is 7.59. The summed E-state index contributed by atoms with van der Waals surface area (Å²) >= 11 is 5.62. The van der Waals surface area contributed by atoms with Crippen LogP contribution in [0, 0.1) is 0 Å². The van der Waals surface area contributed by atoms with Crippen molar-refractivity contribution in [2.45, 2.75) is 31.6 Å². The summed E-state index contributed by atoms with van der Waals surface area (Å²) in [6.07, 6.45) is -3.41. The number of rotatable bonds is 4. The highest BCUT2D eigenvalue weighted by Crippen LogP contribution is 2.36. The molecule has 0 aromatic heterocycles. The lowest BCUT2D eigenvalue weighted by Crippen LogP contribution is -2.47. The number of likely N-dealkylation sites (tertiary alicyclic amines) is 1. The Morgan fingerprint density at radius 2 is 1.70 bits per heavy atom.